The molecule has 2 heterocycles. The molecule has 0 radical (unpaired) electrons. The zero-order valence-electron chi connectivity index (χ0n) is 14.5. The molecule has 2 saturated heterocycles. The maximum Gasteiger partial charge on any atom is 0.142 e. The molecule has 0 bridgehead atoms. The number of benzene rings is 1. The summed E-state index contributed by atoms with van der Waals surface area (Å²) in [5, 5.41) is 0. The second-order valence-corrected chi connectivity index (χ2v) is 6.76. The second-order valence-electron chi connectivity index (χ2n) is 6.76. The number of para-hydroxylation sites is 2. The fraction of sp³-hybridized carbons (Fsp3) is 0.611. The summed E-state index contributed by atoms with van der Waals surface area (Å²) in [7, 11) is 0. The van der Waals surface area contributed by atoms with Gasteiger partial charge in [0.1, 0.15) is 12.0 Å². The zero-order chi connectivity index (χ0) is 16.9. The number of hydrogen-bond donors (Lipinski definition) is 1. The van der Waals surface area contributed by atoms with E-state index in [0.717, 1.165) is 51.2 Å². The Morgan fingerprint density at radius 3 is 2.71 bits per heavy atom. The lowest BCUT2D eigenvalue weighted by Crippen LogP contribution is -2.48. The summed E-state index contributed by atoms with van der Waals surface area (Å²) < 4.78 is 5.94. The van der Waals surface area contributed by atoms with Crippen LogP contribution in [0.15, 0.2) is 24.3 Å². The largest absolute Gasteiger partial charge is 0.489 e. The van der Waals surface area contributed by atoms with Gasteiger partial charge in [0.2, 0.25) is 0 Å². The first kappa shape index (κ1) is 17.2. The fourth-order valence-electron chi connectivity index (χ4n) is 3.29. The minimum absolute atomic E-state index is 0.100. The van der Waals surface area contributed by atoms with Crippen LogP contribution in [0.4, 0.5) is 5.69 Å². The predicted molar refractivity (Wildman–Crippen MR) is 93.3 cm³/mol. The van der Waals surface area contributed by atoms with Gasteiger partial charge in [-0.3, -0.25) is 9.74 Å². The van der Waals surface area contributed by atoms with Gasteiger partial charge in [-0.15, -0.1) is 0 Å². The molecule has 0 amide bonds. The summed E-state index contributed by atoms with van der Waals surface area (Å²) in [6, 6.07) is 8.10. The Labute approximate surface area is 143 Å². The number of anilines is 1. The molecular weight excluding hydrogens is 306 g/mol. The van der Waals surface area contributed by atoms with Crippen LogP contribution < -0.4 is 15.1 Å². The Morgan fingerprint density at radius 2 is 2.04 bits per heavy atom. The maximum absolute atomic E-state index is 10.8. The number of carbonyl (C=O) groups is 1. The number of ether oxygens (including phenoxy) is 1. The minimum atomic E-state index is -0.156. The number of piperazine rings is 1. The van der Waals surface area contributed by atoms with Crippen molar-refractivity contribution >= 4 is 12.0 Å². The van der Waals surface area contributed by atoms with Crippen LogP contribution in [0.2, 0.25) is 0 Å². The van der Waals surface area contributed by atoms with Crippen LogP contribution in [-0.4, -0.2) is 62.2 Å². The van der Waals surface area contributed by atoms with Crippen molar-refractivity contribution in [3.8, 4) is 5.75 Å². The number of hydrogen-bond acceptors (Lipinski definition) is 6. The number of hydroxylamine groups is 1. The molecule has 0 saturated carbocycles. The molecule has 0 aliphatic carbocycles. The van der Waals surface area contributed by atoms with Gasteiger partial charge in [0.15, 0.2) is 0 Å². The molecule has 2 aliphatic rings. The third-order valence-electron chi connectivity index (χ3n) is 4.47. The summed E-state index contributed by atoms with van der Waals surface area (Å²) >= 11 is 0. The molecule has 0 spiro atoms. The maximum atomic E-state index is 10.8. The number of rotatable bonds is 6. The van der Waals surface area contributed by atoms with Gasteiger partial charge in [-0.05, 0) is 26.0 Å². The number of aldehydes is 1. The highest BCUT2D eigenvalue weighted by Crippen LogP contribution is 2.29. The normalized spacial score (nSPS) is 25.2. The molecule has 2 unspecified atom stereocenters. The van der Waals surface area contributed by atoms with Crippen molar-refractivity contribution in [1.29, 1.82) is 0 Å². The van der Waals surface area contributed by atoms with Gasteiger partial charge in [-0.1, -0.05) is 12.1 Å². The van der Waals surface area contributed by atoms with Crippen molar-refractivity contribution in [1.82, 2.24) is 10.4 Å². The van der Waals surface area contributed by atoms with Crippen LogP contribution in [-0.2, 0) is 9.63 Å². The van der Waals surface area contributed by atoms with E-state index in [0.29, 0.717) is 0 Å². The van der Waals surface area contributed by atoms with Crippen LogP contribution in [0.25, 0.3) is 0 Å². The molecule has 132 valence electrons. The Hall–Kier alpha value is -1.63. The standard InChI is InChI=1S/C18H27N3O3/c1-14(2)23-18-6-4-3-5-17(18)21-9-7-20(8-10-21)12-16-11-15(13-22)19-24-16/h3-6,13-16,19H,7-12H2,1-2H3. The molecule has 6 heteroatoms. The van der Waals surface area contributed by atoms with Crippen LogP contribution >= 0.6 is 0 Å². The van der Waals surface area contributed by atoms with Gasteiger partial charge in [-0.25, -0.2) is 0 Å². The minimum Gasteiger partial charge on any atom is -0.489 e. The van der Waals surface area contributed by atoms with E-state index >= 15 is 0 Å². The van der Waals surface area contributed by atoms with Crippen molar-refractivity contribution in [2.45, 2.75) is 38.5 Å². The summed E-state index contributed by atoms with van der Waals surface area (Å²) in [5.74, 6) is 0.957. The van der Waals surface area contributed by atoms with E-state index in [4.69, 9.17) is 9.57 Å². The van der Waals surface area contributed by atoms with E-state index < -0.39 is 0 Å². The van der Waals surface area contributed by atoms with Gasteiger partial charge < -0.3 is 14.4 Å². The Morgan fingerprint density at radius 1 is 1.29 bits per heavy atom. The zero-order valence-corrected chi connectivity index (χ0v) is 14.5. The van der Waals surface area contributed by atoms with E-state index in [1.165, 1.54) is 5.69 Å². The first-order valence-corrected chi connectivity index (χ1v) is 8.75. The lowest BCUT2D eigenvalue weighted by molar-refractivity contribution is -0.110. The molecule has 1 aromatic rings. The number of nitrogens with one attached hydrogen (secondary N) is 1. The molecule has 3 rings (SSSR count). The Balaban J connectivity index is 1.53. The van der Waals surface area contributed by atoms with Gasteiger partial charge in [0, 0.05) is 39.1 Å². The second kappa shape index (κ2) is 7.96. The Bertz CT molecular complexity index is 544. The van der Waals surface area contributed by atoms with E-state index in [9.17, 15) is 4.79 Å². The third-order valence-corrected chi connectivity index (χ3v) is 4.47. The molecule has 2 fully saturated rings. The van der Waals surface area contributed by atoms with Gasteiger partial charge in [-0.2, -0.15) is 5.48 Å². The lowest BCUT2D eigenvalue weighted by Gasteiger charge is -2.37. The number of carbonyl (C=O) groups excluding carboxylic acids is 1. The van der Waals surface area contributed by atoms with Gasteiger partial charge >= 0.3 is 0 Å². The molecular formula is C18H27N3O3. The quantitative estimate of drug-likeness (QED) is 0.796. The predicted octanol–water partition coefficient (Wildman–Crippen LogP) is 1.46. The summed E-state index contributed by atoms with van der Waals surface area (Å²) in [6.07, 6.45) is 1.95. The van der Waals surface area contributed by atoms with Crippen LogP contribution in [0.3, 0.4) is 0 Å². The average Bonchev–Trinajstić information content (AvgIpc) is 3.03. The smallest absolute Gasteiger partial charge is 0.142 e. The molecule has 6 nitrogen and oxygen atoms in total. The molecule has 24 heavy (non-hydrogen) atoms. The fourth-order valence-corrected chi connectivity index (χ4v) is 3.29. The topological polar surface area (TPSA) is 54.0 Å². The van der Waals surface area contributed by atoms with E-state index in [2.05, 4.69) is 41.3 Å². The first-order chi connectivity index (χ1) is 11.7. The van der Waals surface area contributed by atoms with E-state index in [1.54, 1.807) is 0 Å². The molecule has 1 aromatic carbocycles. The molecule has 0 aromatic heterocycles. The first-order valence-electron chi connectivity index (χ1n) is 8.75. The molecule has 2 atom stereocenters. The van der Waals surface area contributed by atoms with Crippen molar-refractivity contribution in [2.24, 2.45) is 0 Å². The highest BCUT2D eigenvalue weighted by Gasteiger charge is 2.28. The lowest BCUT2D eigenvalue weighted by atomic mass is 10.1. The highest BCUT2D eigenvalue weighted by atomic mass is 16.7. The van der Waals surface area contributed by atoms with Gasteiger partial charge in [0.05, 0.1) is 23.9 Å². The van der Waals surface area contributed by atoms with Crippen molar-refractivity contribution in [2.75, 3.05) is 37.6 Å². The van der Waals surface area contributed by atoms with E-state index in [-0.39, 0.29) is 18.2 Å². The Kier molecular flexibility index (Phi) is 5.71. The van der Waals surface area contributed by atoms with Crippen LogP contribution in [0.5, 0.6) is 5.75 Å². The SMILES string of the molecule is CC(C)Oc1ccccc1N1CCN(CC2CC(C=O)NO2)CC1. The molecule has 2 aliphatic heterocycles. The average molecular weight is 333 g/mol. The molecule has 1 N–H and O–H groups in total. The van der Waals surface area contributed by atoms with Crippen molar-refractivity contribution in [3.05, 3.63) is 24.3 Å². The third kappa shape index (κ3) is 4.26. The van der Waals surface area contributed by atoms with Crippen molar-refractivity contribution in [3.63, 3.8) is 0 Å². The number of nitrogens with zero attached hydrogens (tertiary/aromatic N) is 2. The summed E-state index contributed by atoms with van der Waals surface area (Å²) in [6.45, 7) is 8.89. The van der Waals surface area contributed by atoms with Crippen LogP contribution in [0.1, 0.15) is 20.3 Å². The van der Waals surface area contributed by atoms with Crippen molar-refractivity contribution < 1.29 is 14.4 Å². The van der Waals surface area contributed by atoms with Crippen LogP contribution in [0, 0.1) is 0 Å². The highest BCUT2D eigenvalue weighted by molar-refractivity contribution is 5.59. The van der Waals surface area contributed by atoms with E-state index in [1.807, 2.05) is 12.1 Å². The summed E-state index contributed by atoms with van der Waals surface area (Å²) in [5.41, 5.74) is 3.96. The van der Waals surface area contributed by atoms with Gasteiger partial charge in [0.25, 0.3) is 0 Å². The summed E-state index contributed by atoms with van der Waals surface area (Å²) in [4.78, 5) is 21.0. The monoisotopic (exact) mass is 333 g/mol.